The molecule has 0 aromatic heterocycles. The van der Waals surface area contributed by atoms with Crippen molar-refractivity contribution in [1.82, 2.24) is 0 Å². The van der Waals surface area contributed by atoms with Crippen molar-refractivity contribution in [3.63, 3.8) is 0 Å². The highest BCUT2D eigenvalue weighted by Crippen LogP contribution is 2.31. The van der Waals surface area contributed by atoms with Gasteiger partial charge in [-0.25, -0.2) is 21.6 Å². The van der Waals surface area contributed by atoms with Gasteiger partial charge in [-0.15, -0.1) is 0 Å². The lowest BCUT2D eigenvalue weighted by Crippen LogP contribution is -2.18. The van der Waals surface area contributed by atoms with Gasteiger partial charge in [0.25, 0.3) is 10.0 Å². The van der Waals surface area contributed by atoms with Crippen LogP contribution >= 0.6 is 0 Å². The highest BCUT2D eigenvalue weighted by atomic mass is 32.2. The normalized spacial score (nSPS) is 11.7. The molecule has 130 valence electrons. The van der Waals surface area contributed by atoms with Gasteiger partial charge in [0.2, 0.25) is 0 Å². The molecule has 0 saturated carbocycles. The van der Waals surface area contributed by atoms with Crippen LogP contribution in [0.25, 0.3) is 0 Å². The van der Waals surface area contributed by atoms with Crippen molar-refractivity contribution in [2.75, 3.05) is 4.72 Å². The Morgan fingerprint density at radius 3 is 1.54 bits per heavy atom. The number of benzene rings is 2. The predicted molar refractivity (Wildman–Crippen MR) is 87.3 cm³/mol. The highest BCUT2D eigenvalue weighted by molar-refractivity contribution is 7.92. The number of anilines is 1. The van der Waals surface area contributed by atoms with Gasteiger partial charge in [-0.3, -0.25) is 4.72 Å². The highest BCUT2D eigenvalue weighted by Gasteiger charge is 2.24. The van der Waals surface area contributed by atoms with Crippen molar-refractivity contribution >= 4 is 15.7 Å². The van der Waals surface area contributed by atoms with E-state index < -0.39 is 27.5 Å². The van der Waals surface area contributed by atoms with E-state index in [2.05, 4.69) is 4.72 Å². The molecular weight excluding hydrogens is 339 g/mol. The molecule has 24 heavy (non-hydrogen) atoms. The van der Waals surface area contributed by atoms with Crippen LogP contribution < -0.4 is 4.72 Å². The van der Waals surface area contributed by atoms with Gasteiger partial charge in [-0.05, 0) is 62.4 Å². The lowest BCUT2D eigenvalue weighted by atomic mass is 9.95. The minimum atomic E-state index is -4.09. The summed E-state index contributed by atoms with van der Waals surface area (Å²) in [7, 11) is -4.09. The summed E-state index contributed by atoms with van der Waals surface area (Å²) in [4.78, 5) is 0.0632. The van der Waals surface area contributed by atoms with Crippen LogP contribution in [0.5, 0.6) is 0 Å². The maximum atomic E-state index is 13.3. The van der Waals surface area contributed by atoms with Crippen LogP contribution in [0.3, 0.4) is 0 Å². The van der Waals surface area contributed by atoms with Crippen molar-refractivity contribution in [2.45, 2.75) is 39.5 Å². The zero-order valence-electron chi connectivity index (χ0n) is 14.0. The number of halogens is 3. The van der Waals surface area contributed by atoms with Crippen LogP contribution in [0.4, 0.5) is 18.9 Å². The first-order chi connectivity index (χ1) is 11.0. The summed E-state index contributed by atoms with van der Waals surface area (Å²) >= 11 is 0. The summed E-state index contributed by atoms with van der Waals surface area (Å²) in [5.74, 6) is -4.57. The first kappa shape index (κ1) is 18.3. The van der Waals surface area contributed by atoms with Gasteiger partial charge in [-0.1, -0.05) is 0 Å². The van der Waals surface area contributed by atoms with E-state index in [1.807, 2.05) is 20.8 Å². The lowest BCUT2D eigenvalue weighted by Gasteiger charge is -2.19. The Bertz CT molecular complexity index is 885. The van der Waals surface area contributed by atoms with Crippen LogP contribution in [0.15, 0.2) is 17.0 Å². The number of nitrogens with one attached hydrogen (secondary N) is 1. The molecule has 0 aliphatic rings. The summed E-state index contributed by atoms with van der Waals surface area (Å²) < 4.78 is 67.2. The minimum Gasteiger partial charge on any atom is -0.279 e. The van der Waals surface area contributed by atoms with E-state index in [-0.39, 0.29) is 10.6 Å². The maximum Gasteiger partial charge on any atom is 0.262 e. The Morgan fingerprint density at radius 2 is 1.12 bits per heavy atom. The van der Waals surface area contributed by atoms with E-state index in [9.17, 15) is 21.6 Å². The second-order valence-corrected chi connectivity index (χ2v) is 7.43. The van der Waals surface area contributed by atoms with Gasteiger partial charge in [0, 0.05) is 12.1 Å². The molecule has 0 bridgehead atoms. The summed E-state index contributed by atoms with van der Waals surface area (Å²) in [5.41, 5.74) is 3.39. The first-order valence-electron chi connectivity index (χ1n) is 7.21. The third-order valence-electron chi connectivity index (χ3n) is 4.44. The van der Waals surface area contributed by atoms with Gasteiger partial charge in [-0.2, -0.15) is 0 Å². The van der Waals surface area contributed by atoms with Gasteiger partial charge < -0.3 is 0 Å². The quantitative estimate of drug-likeness (QED) is 0.825. The fourth-order valence-electron chi connectivity index (χ4n) is 2.69. The maximum absolute atomic E-state index is 13.3. The standard InChI is InChI=1S/C17H18F3NO2S/c1-8-9(2)11(4)17(12(5)10(8)3)24(22,23)21-13-6-14(18)16(20)15(19)7-13/h6-7,21H,1-5H3. The molecule has 3 nitrogen and oxygen atoms in total. The molecular formula is C17H18F3NO2S. The molecule has 2 aromatic rings. The molecule has 0 unspecified atom stereocenters. The Balaban J connectivity index is 2.61. The molecule has 0 atom stereocenters. The smallest absolute Gasteiger partial charge is 0.262 e. The number of hydrogen-bond acceptors (Lipinski definition) is 2. The topological polar surface area (TPSA) is 46.2 Å². The summed E-state index contributed by atoms with van der Waals surface area (Å²) in [6.07, 6.45) is 0. The molecule has 0 saturated heterocycles. The van der Waals surface area contributed by atoms with Crippen LogP contribution in [-0.2, 0) is 10.0 Å². The van der Waals surface area contributed by atoms with Gasteiger partial charge >= 0.3 is 0 Å². The van der Waals surface area contributed by atoms with Crippen LogP contribution in [0.2, 0.25) is 0 Å². The molecule has 0 fully saturated rings. The third kappa shape index (κ3) is 3.00. The molecule has 0 amide bonds. The van der Waals surface area contributed by atoms with E-state index in [4.69, 9.17) is 0 Å². The van der Waals surface area contributed by atoms with Crippen LogP contribution in [0, 0.1) is 52.1 Å². The monoisotopic (exact) mass is 357 g/mol. The largest absolute Gasteiger partial charge is 0.279 e. The number of rotatable bonds is 3. The molecule has 0 aliphatic carbocycles. The van der Waals surface area contributed by atoms with Crippen molar-refractivity contribution in [3.8, 4) is 0 Å². The molecule has 2 rings (SSSR count). The van der Waals surface area contributed by atoms with E-state index in [1.165, 1.54) is 0 Å². The summed E-state index contributed by atoms with van der Waals surface area (Å²) in [6, 6.07) is 1.21. The van der Waals surface area contributed by atoms with Crippen molar-refractivity contribution in [2.24, 2.45) is 0 Å². The molecule has 7 heteroatoms. The predicted octanol–water partition coefficient (Wildman–Crippen LogP) is 4.45. The molecule has 0 spiro atoms. The Kier molecular flexibility index (Phi) is 4.68. The third-order valence-corrected chi connectivity index (χ3v) is 6.09. The molecule has 2 aromatic carbocycles. The van der Waals surface area contributed by atoms with Crippen LogP contribution in [-0.4, -0.2) is 8.42 Å². The molecule has 0 aliphatic heterocycles. The zero-order chi connectivity index (χ0) is 18.4. The van der Waals surface area contributed by atoms with Crippen molar-refractivity contribution < 1.29 is 21.6 Å². The Labute approximate surface area is 139 Å². The van der Waals surface area contributed by atoms with E-state index >= 15 is 0 Å². The lowest BCUT2D eigenvalue weighted by molar-refractivity contribution is 0.448. The summed E-state index contributed by atoms with van der Waals surface area (Å²) in [5, 5.41) is 0. The fourth-order valence-corrected chi connectivity index (χ4v) is 4.33. The second-order valence-electron chi connectivity index (χ2n) is 5.81. The van der Waals surface area contributed by atoms with Gasteiger partial charge in [0.1, 0.15) is 0 Å². The van der Waals surface area contributed by atoms with Gasteiger partial charge in [0.05, 0.1) is 10.6 Å². The van der Waals surface area contributed by atoms with Crippen LogP contribution in [0.1, 0.15) is 27.8 Å². The number of sulfonamides is 1. The molecule has 0 heterocycles. The van der Waals surface area contributed by atoms with E-state index in [1.54, 1.807) is 13.8 Å². The Hall–Kier alpha value is -2.02. The van der Waals surface area contributed by atoms with Crippen molar-refractivity contribution in [3.05, 3.63) is 57.4 Å². The average molecular weight is 357 g/mol. The fraction of sp³-hybridized carbons (Fsp3) is 0.294. The SMILES string of the molecule is Cc1c(C)c(C)c(S(=O)(=O)Nc2cc(F)c(F)c(F)c2)c(C)c1C. The summed E-state index contributed by atoms with van der Waals surface area (Å²) in [6.45, 7) is 8.88. The first-order valence-corrected chi connectivity index (χ1v) is 8.70. The van der Waals surface area contributed by atoms with E-state index in [0.717, 1.165) is 16.7 Å². The van der Waals surface area contributed by atoms with Gasteiger partial charge in [0.15, 0.2) is 17.5 Å². The molecule has 0 radical (unpaired) electrons. The second kappa shape index (κ2) is 6.12. The average Bonchev–Trinajstić information content (AvgIpc) is 2.48. The van der Waals surface area contributed by atoms with Crippen molar-refractivity contribution in [1.29, 1.82) is 0 Å². The molecule has 1 N–H and O–H groups in total. The van der Waals surface area contributed by atoms with E-state index in [0.29, 0.717) is 23.3 Å². The Morgan fingerprint density at radius 1 is 0.750 bits per heavy atom. The minimum absolute atomic E-state index is 0.0632. The zero-order valence-corrected chi connectivity index (χ0v) is 14.8. The number of hydrogen-bond donors (Lipinski definition) is 1.